The molecule has 1 fully saturated rings. The summed E-state index contributed by atoms with van der Waals surface area (Å²) >= 11 is 0. The van der Waals surface area contributed by atoms with Crippen LogP contribution in [-0.2, 0) is 10.9 Å². The molecule has 2 heterocycles. The maximum atomic E-state index is 13.2. The number of hydrogen-bond donors (Lipinski definition) is 1. The van der Waals surface area contributed by atoms with E-state index in [9.17, 15) is 27.2 Å². The van der Waals surface area contributed by atoms with Gasteiger partial charge in [0, 0.05) is 25.7 Å². The van der Waals surface area contributed by atoms with Crippen LogP contribution in [0.5, 0.6) is 0 Å². The maximum absolute atomic E-state index is 13.2. The number of carbonyl (C=O) groups excluding carboxylic acids is 1. The van der Waals surface area contributed by atoms with Gasteiger partial charge in [-0.1, -0.05) is 12.1 Å². The Hall–Kier alpha value is -3.57. The number of morpholine rings is 1. The lowest BCUT2D eigenvalue weighted by molar-refractivity contribution is -0.137. The van der Waals surface area contributed by atoms with E-state index in [1.54, 1.807) is 0 Å². The van der Waals surface area contributed by atoms with Gasteiger partial charge in [0.25, 0.3) is 11.5 Å². The molecule has 1 amide bonds. The lowest BCUT2D eigenvalue weighted by atomic mass is 10.0. The quantitative estimate of drug-likeness (QED) is 0.538. The zero-order valence-corrected chi connectivity index (χ0v) is 18.5. The minimum atomic E-state index is -4.44. The van der Waals surface area contributed by atoms with Crippen LogP contribution in [0, 0.1) is 5.82 Å². The van der Waals surface area contributed by atoms with Gasteiger partial charge in [0.05, 0.1) is 30.5 Å². The average molecular weight is 490 g/mol. The van der Waals surface area contributed by atoms with Crippen molar-refractivity contribution in [2.75, 3.05) is 32.8 Å². The van der Waals surface area contributed by atoms with E-state index >= 15 is 0 Å². The number of halogens is 4. The lowest BCUT2D eigenvalue weighted by Gasteiger charge is -2.35. The van der Waals surface area contributed by atoms with Crippen LogP contribution in [-0.4, -0.2) is 53.4 Å². The number of carbonyl (C=O) groups is 1. The van der Waals surface area contributed by atoms with Gasteiger partial charge in [-0.25, -0.2) is 4.39 Å². The van der Waals surface area contributed by atoms with Crippen LogP contribution in [0.15, 0.2) is 65.5 Å². The van der Waals surface area contributed by atoms with E-state index in [0.29, 0.717) is 37.6 Å². The molecule has 1 N–H and O–H groups in total. The molecule has 3 aromatic rings. The number of ether oxygens (including phenoxy) is 1. The number of alkyl halides is 3. The first-order valence-electron chi connectivity index (χ1n) is 10.9. The van der Waals surface area contributed by atoms with E-state index in [4.69, 9.17) is 4.74 Å². The number of rotatable bonds is 6. The van der Waals surface area contributed by atoms with E-state index in [-0.39, 0.29) is 12.2 Å². The van der Waals surface area contributed by atoms with Crippen LogP contribution < -0.4 is 10.9 Å². The van der Waals surface area contributed by atoms with E-state index < -0.39 is 35.1 Å². The SMILES string of the molecule is O=C(NCC(c1ccc(C(F)(F)F)cc1)N1CCOCC1)c1ccc(=O)n(-c2ccc(F)cc2)n1. The van der Waals surface area contributed by atoms with E-state index in [0.717, 1.165) is 16.8 Å². The normalized spacial score (nSPS) is 15.5. The van der Waals surface area contributed by atoms with E-state index in [2.05, 4.69) is 10.4 Å². The molecular weight excluding hydrogens is 468 g/mol. The topological polar surface area (TPSA) is 76.5 Å². The first-order chi connectivity index (χ1) is 16.7. The molecule has 0 spiro atoms. The van der Waals surface area contributed by atoms with Crippen molar-refractivity contribution in [1.82, 2.24) is 20.0 Å². The molecule has 35 heavy (non-hydrogen) atoms. The predicted molar refractivity (Wildman–Crippen MR) is 119 cm³/mol. The monoisotopic (exact) mass is 490 g/mol. The zero-order chi connectivity index (χ0) is 25.0. The summed E-state index contributed by atoms with van der Waals surface area (Å²) in [5.41, 5.74) is -0.379. The number of nitrogens with zero attached hydrogens (tertiary/aromatic N) is 3. The summed E-state index contributed by atoms with van der Waals surface area (Å²) in [6.07, 6.45) is -4.44. The molecule has 11 heteroatoms. The Labute approximate surface area is 197 Å². The van der Waals surface area contributed by atoms with Gasteiger partial charge in [-0.15, -0.1) is 0 Å². The Balaban J connectivity index is 1.53. The number of hydrogen-bond acceptors (Lipinski definition) is 5. The second-order valence-electron chi connectivity index (χ2n) is 7.94. The minimum absolute atomic E-state index is 0.0397. The van der Waals surface area contributed by atoms with Crippen LogP contribution in [0.2, 0.25) is 0 Å². The fourth-order valence-electron chi connectivity index (χ4n) is 3.82. The molecule has 1 aliphatic rings. The van der Waals surface area contributed by atoms with Crippen molar-refractivity contribution >= 4 is 5.91 Å². The molecule has 1 aliphatic heterocycles. The van der Waals surface area contributed by atoms with Crippen molar-refractivity contribution in [3.05, 3.63) is 93.7 Å². The molecule has 1 saturated heterocycles. The largest absolute Gasteiger partial charge is 0.416 e. The van der Waals surface area contributed by atoms with Crippen molar-refractivity contribution in [3.63, 3.8) is 0 Å². The first kappa shape index (κ1) is 24.6. The average Bonchev–Trinajstić information content (AvgIpc) is 2.85. The Bertz CT molecular complexity index is 1220. The fourth-order valence-corrected chi connectivity index (χ4v) is 3.82. The summed E-state index contributed by atoms with van der Waals surface area (Å²) in [6, 6.07) is 12.0. The van der Waals surface area contributed by atoms with Crippen LogP contribution in [0.25, 0.3) is 5.69 Å². The van der Waals surface area contributed by atoms with Gasteiger partial charge in [0.15, 0.2) is 0 Å². The fraction of sp³-hybridized carbons (Fsp3) is 0.292. The molecule has 1 aromatic heterocycles. The standard InChI is InChI=1S/C24H22F4N4O3/c25-18-5-7-19(8-6-18)32-22(33)10-9-20(30-32)23(34)29-15-21(31-11-13-35-14-12-31)16-1-3-17(4-2-16)24(26,27)28/h1-10,21H,11-15H2,(H,29,34). The minimum Gasteiger partial charge on any atom is -0.379 e. The van der Waals surface area contributed by atoms with Gasteiger partial charge in [-0.2, -0.15) is 23.0 Å². The molecule has 2 aromatic carbocycles. The summed E-state index contributed by atoms with van der Waals surface area (Å²) in [5.74, 6) is -1.04. The molecule has 4 rings (SSSR count). The zero-order valence-electron chi connectivity index (χ0n) is 18.5. The third kappa shape index (κ3) is 5.92. The maximum Gasteiger partial charge on any atom is 0.416 e. The summed E-state index contributed by atoms with van der Waals surface area (Å²) in [7, 11) is 0. The van der Waals surface area contributed by atoms with Crippen molar-refractivity contribution in [1.29, 1.82) is 0 Å². The Morgan fingerprint density at radius 2 is 1.66 bits per heavy atom. The van der Waals surface area contributed by atoms with Gasteiger partial charge in [0.2, 0.25) is 0 Å². The molecule has 1 unspecified atom stereocenters. The second kappa shape index (κ2) is 10.4. The van der Waals surface area contributed by atoms with Crippen molar-refractivity contribution in [2.45, 2.75) is 12.2 Å². The molecule has 184 valence electrons. The molecular formula is C24H22F4N4O3. The smallest absolute Gasteiger partial charge is 0.379 e. The molecule has 0 aliphatic carbocycles. The molecule has 0 radical (unpaired) electrons. The van der Waals surface area contributed by atoms with Crippen molar-refractivity contribution < 1.29 is 27.1 Å². The lowest BCUT2D eigenvalue weighted by Crippen LogP contribution is -2.44. The Kier molecular flexibility index (Phi) is 7.27. The highest BCUT2D eigenvalue weighted by molar-refractivity contribution is 5.92. The highest BCUT2D eigenvalue weighted by Crippen LogP contribution is 2.31. The number of aromatic nitrogens is 2. The summed E-state index contributed by atoms with van der Waals surface area (Å²) in [4.78, 5) is 27.1. The summed E-state index contributed by atoms with van der Waals surface area (Å²) in [5, 5.41) is 6.85. The first-order valence-corrected chi connectivity index (χ1v) is 10.9. The van der Waals surface area contributed by atoms with Gasteiger partial charge < -0.3 is 10.1 Å². The van der Waals surface area contributed by atoms with E-state index in [1.807, 2.05) is 4.90 Å². The Morgan fingerprint density at radius 3 is 2.29 bits per heavy atom. The van der Waals surface area contributed by atoms with Crippen LogP contribution in [0.3, 0.4) is 0 Å². The van der Waals surface area contributed by atoms with Crippen molar-refractivity contribution in [2.24, 2.45) is 0 Å². The third-order valence-corrected chi connectivity index (χ3v) is 5.67. The predicted octanol–water partition coefficient (Wildman–Crippen LogP) is 3.19. The highest BCUT2D eigenvalue weighted by Gasteiger charge is 2.31. The van der Waals surface area contributed by atoms with Crippen LogP contribution in [0.1, 0.15) is 27.7 Å². The summed E-state index contributed by atoms with van der Waals surface area (Å²) < 4.78 is 58.5. The third-order valence-electron chi connectivity index (χ3n) is 5.67. The summed E-state index contributed by atoms with van der Waals surface area (Å²) in [6.45, 7) is 2.14. The van der Waals surface area contributed by atoms with Crippen molar-refractivity contribution in [3.8, 4) is 5.69 Å². The van der Waals surface area contributed by atoms with Crippen LogP contribution in [0.4, 0.5) is 17.6 Å². The highest BCUT2D eigenvalue weighted by atomic mass is 19.4. The van der Waals surface area contributed by atoms with Crippen LogP contribution >= 0.6 is 0 Å². The van der Waals surface area contributed by atoms with Gasteiger partial charge in [-0.05, 0) is 48.0 Å². The number of amides is 1. The van der Waals surface area contributed by atoms with Gasteiger partial charge in [-0.3, -0.25) is 14.5 Å². The number of benzene rings is 2. The molecule has 0 bridgehead atoms. The van der Waals surface area contributed by atoms with Gasteiger partial charge >= 0.3 is 6.18 Å². The Morgan fingerprint density at radius 1 is 1.00 bits per heavy atom. The second-order valence-corrected chi connectivity index (χ2v) is 7.94. The molecule has 7 nitrogen and oxygen atoms in total. The van der Waals surface area contributed by atoms with Gasteiger partial charge in [0.1, 0.15) is 11.5 Å². The molecule has 1 atom stereocenters. The van der Waals surface area contributed by atoms with E-state index in [1.165, 1.54) is 48.5 Å². The number of nitrogens with one attached hydrogen (secondary N) is 1. The molecule has 0 saturated carbocycles.